The van der Waals surface area contributed by atoms with Crippen molar-refractivity contribution in [1.82, 2.24) is 0 Å². The number of hydrogen-bond donors (Lipinski definition) is 1. The molecule has 0 aromatic heterocycles. The molecular weight excluding hydrogens is 308 g/mol. The lowest BCUT2D eigenvalue weighted by atomic mass is 10.1. The molecule has 0 radical (unpaired) electrons. The molecule has 0 unspecified atom stereocenters. The van der Waals surface area contributed by atoms with Crippen molar-refractivity contribution in [3.8, 4) is 5.75 Å². The number of hydrogen-bond acceptors (Lipinski definition) is 2. The molecule has 0 saturated heterocycles. The first-order chi connectivity index (χ1) is 9.13. The second-order valence-electron chi connectivity index (χ2n) is 4.57. The van der Waals surface area contributed by atoms with E-state index in [0.717, 1.165) is 28.8 Å². The summed E-state index contributed by atoms with van der Waals surface area (Å²) >= 11 is 3.46. The topological polar surface area (TPSA) is 46.5 Å². The Hall–Kier alpha value is -1.03. The van der Waals surface area contributed by atoms with Crippen molar-refractivity contribution < 1.29 is 14.6 Å². The lowest BCUT2D eigenvalue weighted by Gasteiger charge is -2.09. The number of rotatable bonds is 9. The zero-order chi connectivity index (χ0) is 14.1. The lowest BCUT2D eigenvalue weighted by molar-refractivity contribution is -0.136. The first-order valence-electron chi connectivity index (χ1n) is 6.76. The Labute approximate surface area is 123 Å². The van der Waals surface area contributed by atoms with Gasteiger partial charge in [-0.3, -0.25) is 4.79 Å². The van der Waals surface area contributed by atoms with Crippen LogP contribution >= 0.6 is 15.9 Å². The van der Waals surface area contributed by atoms with Crippen LogP contribution in [0.5, 0.6) is 5.75 Å². The molecule has 0 atom stereocenters. The second kappa shape index (κ2) is 8.97. The van der Waals surface area contributed by atoms with Crippen LogP contribution < -0.4 is 4.74 Å². The molecule has 1 N–H and O–H groups in total. The van der Waals surface area contributed by atoms with Gasteiger partial charge in [0.25, 0.3) is 0 Å². The maximum absolute atomic E-state index is 10.5. The number of aryl methyl sites for hydroxylation is 1. The second-order valence-corrected chi connectivity index (χ2v) is 5.42. The van der Waals surface area contributed by atoms with Crippen molar-refractivity contribution in [3.63, 3.8) is 0 Å². The number of carboxylic acids is 1. The van der Waals surface area contributed by atoms with Crippen LogP contribution in [0, 0.1) is 0 Å². The zero-order valence-electron chi connectivity index (χ0n) is 11.3. The summed E-state index contributed by atoms with van der Waals surface area (Å²) < 4.78 is 6.60. The molecular formula is C15H21BrO3. The monoisotopic (exact) mass is 328 g/mol. The number of ether oxygens (including phenoxy) is 1. The average Bonchev–Trinajstić information content (AvgIpc) is 2.38. The van der Waals surface area contributed by atoms with Crippen molar-refractivity contribution in [2.24, 2.45) is 0 Å². The first-order valence-corrected chi connectivity index (χ1v) is 7.55. The lowest BCUT2D eigenvalue weighted by Crippen LogP contribution is -2.00. The summed E-state index contributed by atoms with van der Waals surface area (Å²) in [6, 6.07) is 5.76. The van der Waals surface area contributed by atoms with Crippen LogP contribution in [0.1, 0.15) is 44.6 Å². The number of unbranched alkanes of at least 4 members (excludes halogenated alkanes) is 3. The highest BCUT2D eigenvalue weighted by Crippen LogP contribution is 2.26. The maximum atomic E-state index is 10.5. The van der Waals surface area contributed by atoms with E-state index in [4.69, 9.17) is 9.84 Å². The molecule has 106 valence electrons. The van der Waals surface area contributed by atoms with Gasteiger partial charge in [-0.05, 0) is 46.5 Å². The molecule has 0 heterocycles. The molecule has 0 spiro atoms. The average molecular weight is 329 g/mol. The fourth-order valence-electron chi connectivity index (χ4n) is 1.78. The van der Waals surface area contributed by atoms with Crippen LogP contribution in [-0.2, 0) is 11.2 Å². The van der Waals surface area contributed by atoms with E-state index in [0.29, 0.717) is 6.42 Å². The number of benzene rings is 1. The Bertz CT molecular complexity index is 404. The van der Waals surface area contributed by atoms with Crippen molar-refractivity contribution in [3.05, 3.63) is 28.2 Å². The minimum absolute atomic E-state index is 0.156. The van der Waals surface area contributed by atoms with Gasteiger partial charge in [0.1, 0.15) is 5.75 Å². The zero-order valence-corrected chi connectivity index (χ0v) is 12.9. The van der Waals surface area contributed by atoms with E-state index >= 15 is 0 Å². The number of halogens is 1. The van der Waals surface area contributed by atoms with Crippen molar-refractivity contribution in [1.29, 1.82) is 0 Å². The van der Waals surface area contributed by atoms with Crippen molar-refractivity contribution in [2.45, 2.75) is 45.4 Å². The third-order valence-corrected chi connectivity index (χ3v) is 3.50. The Morgan fingerprint density at radius 1 is 1.32 bits per heavy atom. The van der Waals surface area contributed by atoms with Crippen LogP contribution in [0.3, 0.4) is 0 Å². The normalized spacial score (nSPS) is 10.4. The van der Waals surface area contributed by atoms with E-state index in [1.165, 1.54) is 19.3 Å². The Balaban J connectivity index is 2.41. The number of carboxylic acid groups (broad SMARTS) is 1. The quantitative estimate of drug-likeness (QED) is 0.682. The van der Waals surface area contributed by atoms with E-state index in [9.17, 15) is 4.79 Å². The van der Waals surface area contributed by atoms with Gasteiger partial charge >= 0.3 is 5.97 Å². The predicted molar refractivity (Wildman–Crippen MR) is 79.7 cm³/mol. The predicted octanol–water partition coefficient (Wildman–Crippen LogP) is 4.43. The van der Waals surface area contributed by atoms with Crippen LogP contribution in [-0.4, -0.2) is 17.7 Å². The van der Waals surface area contributed by atoms with E-state index in [-0.39, 0.29) is 6.42 Å². The van der Waals surface area contributed by atoms with E-state index in [2.05, 4.69) is 22.9 Å². The van der Waals surface area contributed by atoms with Gasteiger partial charge in [0.2, 0.25) is 0 Å². The molecule has 0 saturated carbocycles. The van der Waals surface area contributed by atoms with Crippen LogP contribution in [0.15, 0.2) is 22.7 Å². The Morgan fingerprint density at radius 2 is 2.11 bits per heavy atom. The van der Waals surface area contributed by atoms with Gasteiger partial charge in [-0.2, -0.15) is 0 Å². The minimum Gasteiger partial charge on any atom is -0.492 e. The molecule has 0 aliphatic rings. The summed E-state index contributed by atoms with van der Waals surface area (Å²) in [5.41, 5.74) is 1.01. The Kier molecular flexibility index (Phi) is 7.56. The molecule has 0 amide bonds. The number of aliphatic carboxylic acids is 1. The highest BCUT2D eigenvalue weighted by Gasteiger charge is 2.04. The standard InChI is InChI=1S/C15H21BrO3/c1-2-3-4-5-10-19-14-8-6-12(11-13(14)16)7-9-15(17)18/h6,8,11H,2-5,7,9-10H2,1H3,(H,17,18). The molecule has 1 aromatic rings. The molecule has 0 aliphatic carbocycles. The smallest absolute Gasteiger partial charge is 0.303 e. The highest BCUT2D eigenvalue weighted by atomic mass is 79.9. The molecule has 1 aromatic carbocycles. The maximum Gasteiger partial charge on any atom is 0.303 e. The van der Waals surface area contributed by atoms with Gasteiger partial charge in [-0.15, -0.1) is 0 Å². The third-order valence-electron chi connectivity index (χ3n) is 2.88. The molecule has 0 fully saturated rings. The van der Waals surface area contributed by atoms with Gasteiger partial charge in [-0.1, -0.05) is 32.3 Å². The fourth-order valence-corrected chi connectivity index (χ4v) is 2.32. The van der Waals surface area contributed by atoms with Gasteiger partial charge in [0.05, 0.1) is 11.1 Å². The highest BCUT2D eigenvalue weighted by molar-refractivity contribution is 9.10. The molecule has 1 rings (SSSR count). The van der Waals surface area contributed by atoms with Crippen LogP contribution in [0.2, 0.25) is 0 Å². The minimum atomic E-state index is -0.771. The summed E-state index contributed by atoms with van der Waals surface area (Å²) in [7, 11) is 0. The van der Waals surface area contributed by atoms with Crippen LogP contribution in [0.4, 0.5) is 0 Å². The van der Waals surface area contributed by atoms with Crippen molar-refractivity contribution in [2.75, 3.05) is 6.61 Å². The van der Waals surface area contributed by atoms with Gasteiger partial charge < -0.3 is 9.84 Å². The fraction of sp³-hybridized carbons (Fsp3) is 0.533. The molecule has 19 heavy (non-hydrogen) atoms. The summed E-state index contributed by atoms with van der Waals surface area (Å²) in [4.78, 5) is 10.5. The third kappa shape index (κ3) is 6.62. The molecule has 4 heteroatoms. The summed E-state index contributed by atoms with van der Waals surface area (Å²) in [5.74, 6) is 0.0583. The first kappa shape index (κ1) is 16.0. The summed E-state index contributed by atoms with van der Waals surface area (Å²) in [6.07, 6.45) is 5.45. The van der Waals surface area contributed by atoms with Gasteiger partial charge in [0.15, 0.2) is 0 Å². The van der Waals surface area contributed by atoms with Crippen molar-refractivity contribution >= 4 is 21.9 Å². The SMILES string of the molecule is CCCCCCOc1ccc(CCC(=O)O)cc1Br. The summed E-state index contributed by atoms with van der Waals surface area (Å²) in [6.45, 7) is 2.92. The van der Waals surface area contributed by atoms with E-state index in [1.807, 2.05) is 18.2 Å². The van der Waals surface area contributed by atoms with E-state index in [1.54, 1.807) is 0 Å². The van der Waals surface area contributed by atoms with Gasteiger partial charge in [-0.25, -0.2) is 0 Å². The van der Waals surface area contributed by atoms with Gasteiger partial charge in [0, 0.05) is 6.42 Å². The summed E-state index contributed by atoms with van der Waals surface area (Å²) in [5, 5.41) is 8.65. The van der Waals surface area contributed by atoms with Crippen LogP contribution in [0.25, 0.3) is 0 Å². The molecule has 0 aliphatic heterocycles. The van der Waals surface area contributed by atoms with E-state index < -0.39 is 5.97 Å². The Morgan fingerprint density at radius 3 is 2.74 bits per heavy atom. The number of carbonyl (C=O) groups is 1. The molecule has 0 bridgehead atoms. The largest absolute Gasteiger partial charge is 0.492 e. The molecule has 3 nitrogen and oxygen atoms in total.